The van der Waals surface area contributed by atoms with Gasteiger partial charge in [0, 0.05) is 49.2 Å². The summed E-state index contributed by atoms with van der Waals surface area (Å²) in [6.45, 7) is 10.3. The first kappa shape index (κ1) is 25.3. The number of carbonyl (C=O) groups is 1. The highest BCUT2D eigenvalue weighted by molar-refractivity contribution is 5.92. The average Bonchev–Trinajstić information content (AvgIpc) is 3.67. The lowest BCUT2D eigenvalue weighted by atomic mass is 9.93. The van der Waals surface area contributed by atoms with Crippen molar-refractivity contribution in [1.29, 1.82) is 0 Å². The number of quaternary nitrogens is 1. The van der Waals surface area contributed by atoms with Crippen molar-refractivity contribution in [2.75, 3.05) is 51.2 Å². The Bertz CT molecular complexity index is 1310. The molecule has 4 unspecified atom stereocenters. The summed E-state index contributed by atoms with van der Waals surface area (Å²) in [6, 6.07) is 4.19. The van der Waals surface area contributed by atoms with Crippen LogP contribution in [0.2, 0.25) is 0 Å². The van der Waals surface area contributed by atoms with Gasteiger partial charge >= 0.3 is 0 Å². The zero-order valence-electron chi connectivity index (χ0n) is 23.1. The zero-order chi connectivity index (χ0) is 26.4. The molecule has 6 rings (SSSR count). The van der Waals surface area contributed by atoms with Crippen molar-refractivity contribution in [3.05, 3.63) is 41.0 Å². The van der Waals surface area contributed by atoms with Crippen molar-refractivity contribution in [3.63, 3.8) is 0 Å². The smallest absolute Gasteiger partial charge is 0.274 e. The fourth-order valence-corrected chi connectivity index (χ4v) is 6.74. The molecule has 0 saturated carbocycles. The number of rotatable bonds is 5. The number of anilines is 1. The Balaban J connectivity index is 1.24. The molecule has 3 N–H and O–H groups in total. The molecular weight excluding hydrogens is 478 g/mol. The average molecular weight is 521 g/mol. The number of nitrogens with two attached hydrogens (primary N) is 1. The van der Waals surface area contributed by atoms with Crippen LogP contribution in [0.4, 0.5) is 5.82 Å². The second-order valence-corrected chi connectivity index (χ2v) is 12.0. The summed E-state index contributed by atoms with van der Waals surface area (Å²) in [5, 5.41) is 12.6. The van der Waals surface area contributed by atoms with Crippen LogP contribution in [0, 0.1) is 6.92 Å². The largest absolute Gasteiger partial charge is 0.355 e. The van der Waals surface area contributed by atoms with Crippen LogP contribution in [0.15, 0.2) is 18.3 Å². The molecule has 4 atom stereocenters. The maximum absolute atomic E-state index is 13.8. The molecule has 0 aliphatic carbocycles. The Morgan fingerprint density at radius 2 is 2.05 bits per heavy atom. The van der Waals surface area contributed by atoms with Crippen molar-refractivity contribution < 1.29 is 9.28 Å². The number of piperidine rings is 2. The summed E-state index contributed by atoms with van der Waals surface area (Å²) in [4.78, 5) is 23.0. The first-order valence-electron chi connectivity index (χ1n) is 14.4. The summed E-state index contributed by atoms with van der Waals surface area (Å²) in [5.41, 5.74) is 10.6. The molecule has 10 nitrogen and oxygen atoms in total. The number of carbonyl (C=O) groups excluding carboxylic acids is 1. The first-order valence-corrected chi connectivity index (χ1v) is 14.4. The molecule has 3 aromatic heterocycles. The van der Waals surface area contributed by atoms with E-state index in [1.165, 1.54) is 13.0 Å². The molecule has 0 bridgehead atoms. The molecule has 38 heavy (non-hydrogen) atoms. The van der Waals surface area contributed by atoms with Crippen LogP contribution in [0.1, 0.15) is 84.8 Å². The number of aryl methyl sites for hydroxylation is 1. The zero-order valence-corrected chi connectivity index (χ0v) is 23.1. The van der Waals surface area contributed by atoms with Gasteiger partial charge in [-0.15, -0.1) is 0 Å². The maximum Gasteiger partial charge on any atom is 0.274 e. The number of aromatic amines is 1. The van der Waals surface area contributed by atoms with E-state index in [-0.39, 0.29) is 18.0 Å². The van der Waals surface area contributed by atoms with E-state index in [0.717, 1.165) is 97.7 Å². The summed E-state index contributed by atoms with van der Waals surface area (Å²) < 4.78 is 2.94. The minimum Gasteiger partial charge on any atom is -0.355 e. The summed E-state index contributed by atoms with van der Waals surface area (Å²) in [7, 11) is 2.33. The Morgan fingerprint density at radius 1 is 1.18 bits per heavy atom. The lowest BCUT2D eigenvalue weighted by molar-refractivity contribution is -0.913. The molecule has 3 aromatic rings. The van der Waals surface area contributed by atoms with Gasteiger partial charge in [0.05, 0.1) is 44.3 Å². The third-order valence-electron chi connectivity index (χ3n) is 9.19. The number of hydrogen-bond donors (Lipinski definition) is 2. The van der Waals surface area contributed by atoms with E-state index in [1.807, 2.05) is 21.7 Å². The SMILES string of the molecule is CC[N+]1(C)CCCC(c2cc(C(=O)N3CCCCC3c3cc4nc(N5CCC(N)C5)c(C)cn4n3)n[nH]2)C1. The highest BCUT2D eigenvalue weighted by atomic mass is 16.2. The summed E-state index contributed by atoms with van der Waals surface area (Å²) in [5.74, 6) is 1.40. The molecule has 3 aliphatic rings. The van der Waals surface area contributed by atoms with E-state index in [0.29, 0.717) is 11.6 Å². The molecule has 10 heteroatoms. The topological polar surface area (TPSA) is 108 Å². The fourth-order valence-electron chi connectivity index (χ4n) is 6.74. The van der Waals surface area contributed by atoms with Crippen LogP contribution in [-0.4, -0.2) is 92.4 Å². The Kier molecular flexibility index (Phi) is 6.63. The van der Waals surface area contributed by atoms with Gasteiger partial charge in [0.25, 0.3) is 5.91 Å². The molecule has 3 fully saturated rings. The number of nitrogens with zero attached hydrogens (tertiary/aromatic N) is 7. The molecule has 0 radical (unpaired) electrons. The van der Waals surface area contributed by atoms with Crippen molar-refractivity contribution in [2.24, 2.45) is 5.73 Å². The van der Waals surface area contributed by atoms with E-state index in [4.69, 9.17) is 15.8 Å². The fraction of sp³-hybridized carbons (Fsp3) is 0.643. The van der Waals surface area contributed by atoms with Gasteiger partial charge in [-0.25, -0.2) is 9.50 Å². The Morgan fingerprint density at radius 3 is 2.84 bits per heavy atom. The van der Waals surface area contributed by atoms with E-state index >= 15 is 0 Å². The molecule has 3 aliphatic heterocycles. The van der Waals surface area contributed by atoms with Crippen molar-refractivity contribution in [1.82, 2.24) is 29.7 Å². The van der Waals surface area contributed by atoms with Crippen LogP contribution in [0.5, 0.6) is 0 Å². The van der Waals surface area contributed by atoms with Crippen LogP contribution >= 0.6 is 0 Å². The number of fused-ring (bicyclic) bond motifs is 1. The van der Waals surface area contributed by atoms with Gasteiger partial charge in [-0.2, -0.15) is 10.2 Å². The van der Waals surface area contributed by atoms with Crippen molar-refractivity contribution >= 4 is 17.4 Å². The van der Waals surface area contributed by atoms with Gasteiger partial charge in [0.15, 0.2) is 5.65 Å². The highest BCUT2D eigenvalue weighted by Gasteiger charge is 2.35. The van der Waals surface area contributed by atoms with Crippen LogP contribution in [0.3, 0.4) is 0 Å². The third kappa shape index (κ3) is 4.68. The minimum absolute atomic E-state index is 0.00584. The molecule has 3 saturated heterocycles. The number of likely N-dealkylation sites (N-methyl/N-ethyl adjacent to an activating group) is 1. The number of H-pyrrole nitrogens is 1. The van der Waals surface area contributed by atoms with E-state index in [9.17, 15) is 4.79 Å². The van der Waals surface area contributed by atoms with Gasteiger partial charge in [0.2, 0.25) is 0 Å². The minimum atomic E-state index is -0.0724. The molecule has 204 valence electrons. The van der Waals surface area contributed by atoms with Gasteiger partial charge in [-0.1, -0.05) is 0 Å². The normalized spacial score (nSPS) is 28.4. The predicted octanol–water partition coefficient (Wildman–Crippen LogP) is 3.01. The van der Waals surface area contributed by atoms with E-state index in [2.05, 4.69) is 42.1 Å². The number of aromatic nitrogens is 5. The molecule has 1 amide bonds. The van der Waals surface area contributed by atoms with Crippen LogP contribution in [-0.2, 0) is 0 Å². The van der Waals surface area contributed by atoms with Gasteiger partial charge in [0.1, 0.15) is 11.5 Å². The Labute approximate surface area is 224 Å². The number of hydrogen-bond acceptors (Lipinski definition) is 6. The number of likely N-dealkylation sites (tertiary alicyclic amines) is 2. The Hall–Kier alpha value is -2.98. The maximum atomic E-state index is 13.8. The quantitative estimate of drug-likeness (QED) is 0.501. The molecular formula is C28H42N9O+. The van der Waals surface area contributed by atoms with Crippen molar-refractivity contribution in [2.45, 2.75) is 70.4 Å². The summed E-state index contributed by atoms with van der Waals surface area (Å²) >= 11 is 0. The van der Waals surface area contributed by atoms with Gasteiger partial charge in [-0.05, 0) is 58.4 Å². The lowest BCUT2D eigenvalue weighted by Gasteiger charge is -2.40. The second-order valence-electron chi connectivity index (χ2n) is 12.0. The van der Waals surface area contributed by atoms with Crippen LogP contribution < -0.4 is 10.6 Å². The molecule has 0 spiro atoms. The third-order valence-corrected chi connectivity index (χ3v) is 9.19. The first-order chi connectivity index (χ1) is 18.3. The molecule has 0 aromatic carbocycles. The van der Waals surface area contributed by atoms with Crippen molar-refractivity contribution in [3.8, 4) is 0 Å². The summed E-state index contributed by atoms with van der Waals surface area (Å²) in [6.07, 6.45) is 8.37. The van der Waals surface area contributed by atoms with Gasteiger partial charge < -0.3 is 20.0 Å². The van der Waals surface area contributed by atoms with E-state index < -0.39 is 0 Å². The molecule has 6 heterocycles. The monoisotopic (exact) mass is 520 g/mol. The second kappa shape index (κ2) is 9.96. The predicted molar refractivity (Wildman–Crippen MR) is 147 cm³/mol. The highest BCUT2D eigenvalue weighted by Crippen LogP contribution is 2.34. The van der Waals surface area contributed by atoms with Crippen LogP contribution in [0.25, 0.3) is 5.65 Å². The van der Waals surface area contributed by atoms with E-state index in [1.54, 1.807) is 0 Å². The standard InChI is InChI=1S/C28H41N9O/c1-4-37(3)13-7-8-20(18-37)22-14-24(32-31-22)28(38)35-11-6-5-9-25(35)23-15-26-30-27(19(2)16-36(26)33-23)34-12-10-21(29)17-34/h14-16,20-21,25H,4-13,17-18,29H2,1-3H3/p+1. The number of amides is 1. The van der Waals surface area contributed by atoms with Gasteiger partial charge in [-0.3, -0.25) is 9.89 Å². The lowest BCUT2D eigenvalue weighted by Crippen LogP contribution is -2.50. The number of nitrogens with one attached hydrogen (secondary N) is 1.